The van der Waals surface area contributed by atoms with Gasteiger partial charge in [0.2, 0.25) is 5.78 Å². The molecule has 5 rings (SSSR count). The Morgan fingerprint density at radius 2 is 1.81 bits per heavy atom. The number of aliphatic hydroxyl groups is 2. The summed E-state index contributed by atoms with van der Waals surface area (Å²) in [5, 5.41) is 44.7. The molecular weight excluding hydrogens is 562 g/mol. The van der Waals surface area contributed by atoms with Crippen molar-refractivity contribution in [2.45, 2.75) is 75.3 Å². The molecule has 12 heteroatoms. The number of aromatic hydroxyl groups is 2. The first-order valence-electron chi connectivity index (χ1n) is 14.0. The van der Waals surface area contributed by atoms with Crippen LogP contribution in [0, 0.1) is 0 Å². The van der Waals surface area contributed by atoms with E-state index in [1.165, 1.54) is 31.2 Å². The summed E-state index contributed by atoms with van der Waals surface area (Å²) in [6.45, 7) is 2.93. The molecule has 2 aromatic rings. The smallest absolute Gasteiger partial charge is 0.316 e. The van der Waals surface area contributed by atoms with E-state index in [2.05, 4.69) is 0 Å². The molecule has 0 radical (unpaired) electrons. The number of ether oxygens (including phenoxy) is 3. The Morgan fingerprint density at radius 3 is 2.44 bits per heavy atom. The first-order valence-corrected chi connectivity index (χ1v) is 14.0. The van der Waals surface area contributed by atoms with Crippen molar-refractivity contribution in [3.63, 3.8) is 0 Å². The Bertz CT molecular complexity index is 1520. The number of benzene rings is 2. The van der Waals surface area contributed by atoms with Crippen LogP contribution in [0.15, 0.2) is 24.3 Å². The number of Topliss-reactive ketones (excluding diaryl/α,β-unsaturated/α-hetero) is 1. The highest BCUT2D eigenvalue weighted by molar-refractivity contribution is 6.30. The largest absolute Gasteiger partial charge is 0.507 e. The van der Waals surface area contributed by atoms with Gasteiger partial charge in [-0.25, -0.2) is 0 Å². The van der Waals surface area contributed by atoms with Crippen LogP contribution in [0.3, 0.4) is 0 Å². The molecule has 4 N–H and O–H groups in total. The lowest BCUT2D eigenvalue weighted by atomic mass is 9.66. The monoisotopic (exact) mass is 597 g/mol. The maximum absolute atomic E-state index is 13.7. The molecule has 230 valence electrons. The molecule has 0 unspecified atom stereocenters. The number of fused-ring (bicyclic) bond motifs is 3. The first-order chi connectivity index (χ1) is 20.2. The van der Waals surface area contributed by atoms with E-state index in [0.29, 0.717) is 0 Å². The van der Waals surface area contributed by atoms with Crippen LogP contribution in [0.4, 0.5) is 0 Å². The number of hydrogen-bond donors (Lipinski definition) is 4. The van der Waals surface area contributed by atoms with E-state index in [1.54, 1.807) is 21.0 Å². The molecule has 2 aliphatic carbocycles. The molecule has 0 saturated carbocycles. The number of rotatable bonds is 6. The molecule has 0 amide bonds. The average molecular weight is 598 g/mol. The Balaban J connectivity index is 1.71. The molecule has 3 aliphatic rings. The molecule has 0 spiro atoms. The number of phenols is 2. The lowest BCUT2D eigenvalue weighted by Gasteiger charge is -2.46. The van der Waals surface area contributed by atoms with E-state index in [9.17, 15) is 39.6 Å². The van der Waals surface area contributed by atoms with Crippen molar-refractivity contribution < 1.29 is 53.8 Å². The molecule has 43 heavy (non-hydrogen) atoms. The van der Waals surface area contributed by atoms with Gasteiger partial charge in [0.1, 0.15) is 23.2 Å². The van der Waals surface area contributed by atoms with E-state index in [0.717, 1.165) is 7.11 Å². The number of likely N-dealkylation sites (N-methyl/N-ethyl adjacent to an activating group) is 1. The van der Waals surface area contributed by atoms with E-state index in [-0.39, 0.29) is 52.3 Å². The fourth-order valence-corrected chi connectivity index (χ4v) is 6.76. The molecule has 0 bridgehead atoms. The zero-order valence-corrected chi connectivity index (χ0v) is 24.5. The fourth-order valence-electron chi connectivity index (χ4n) is 6.76. The Morgan fingerprint density at radius 1 is 1.12 bits per heavy atom. The summed E-state index contributed by atoms with van der Waals surface area (Å²) in [7, 11) is 4.69. The summed E-state index contributed by atoms with van der Waals surface area (Å²) in [6, 6.07) is 4.89. The highest BCUT2D eigenvalue weighted by atomic mass is 16.7. The van der Waals surface area contributed by atoms with Crippen LogP contribution in [0.2, 0.25) is 0 Å². The van der Waals surface area contributed by atoms with E-state index in [4.69, 9.17) is 14.2 Å². The molecule has 1 aliphatic heterocycles. The molecule has 1 saturated heterocycles. The predicted octanol–water partition coefficient (Wildman–Crippen LogP) is 1.73. The minimum atomic E-state index is -2.06. The van der Waals surface area contributed by atoms with Crippen molar-refractivity contribution in [3.8, 4) is 11.5 Å². The number of hydrogen-bond acceptors (Lipinski definition) is 12. The van der Waals surface area contributed by atoms with E-state index >= 15 is 0 Å². The van der Waals surface area contributed by atoms with Crippen LogP contribution in [0.25, 0.3) is 0 Å². The second-order valence-corrected chi connectivity index (χ2v) is 11.8. The zero-order valence-electron chi connectivity index (χ0n) is 24.5. The third kappa shape index (κ3) is 5.02. The van der Waals surface area contributed by atoms with Gasteiger partial charge in [0, 0.05) is 42.0 Å². The quantitative estimate of drug-likeness (QED) is 0.303. The van der Waals surface area contributed by atoms with Crippen molar-refractivity contribution in [1.29, 1.82) is 0 Å². The van der Waals surface area contributed by atoms with Crippen LogP contribution in [0.5, 0.6) is 11.5 Å². The number of carbonyl (C=O) groups excluding carboxylic acids is 4. The molecule has 1 fully saturated rings. The Kier molecular flexibility index (Phi) is 7.95. The molecule has 2 aromatic carbocycles. The lowest BCUT2D eigenvalue weighted by molar-refractivity contribution is -0.258. The molecule has 7 atom stereocenters. The molecule has 12 nitrogen and oxygen atoms in total. The zero-order chi connectivity index (χ0) is 31.5. The number of phenolic OH excluding ortho intramolecular Hbond substituents is 2. The van der Waals surface area contributed by atoms with Gasteiger partial charge >= 0.3 is 5.97 Å². The third-order valence-corrected chi connectivity index (χ3v) is 8.71. The fraction of sp³-hybridized carbons (Fsp3) is 0.484. The van der Waals surface area contributed by atoms with Gasteiger partial charge in [-0.05, 0) is 45.6 Å². The van der Waals surface area contributed by atoms with Gasteiger partial charge in [0.25, 0.3) is 0 Å². The van der Waals surface area contributed by atoms with Crippen LogP contribution < -0.4 is 0 Å². The second kappa shape index (κ2) is 11.1. The summed E-state index contributed by atoms with van der Waals surface area (Å²) >= 11 is 0. The Hall–Kier alpha value is -3.68. The van der Waals surface area contributed by atoms with E-state index in [1.807, 2.05) is 4.90 Å². The number of carbonyl (C=O) groups is 4. The molecule has 1 heterocycles. The maximum Gasteiger partial charge on any atom is 0.316 e. The first kappa shape index (κ1) is 30.8. The molecule has 0 aromatic heterocycles. The van der Waals surface area contributed by atoms with Crippen LogP contribution >= 0.6 is 0 Å². The average Bonchev–Trinajstić information content (AvgIpc) is 2.92. The summed E-state index contributed by atoms with van der Waals surface area (Å²) < 4.78 is 17.3. The summed E-state index contributed by atoms with van der Waals surface area (Å²) in [4.78, 5) is 54.7. The van der Waals surface area contributed by atoms with Gasteiger partial charge in [-0.2, -0.15) is 0 Å². The maximum atomic E-state index is 13.7. The summed E-state index contributed by atoms with van der Waals surface area (Å²) in [6.07, 6.45) is -4.33. The number of nitrogens with zero attached hydrogens (tertiary/aromatic N) is 1. The van der Waals surface area contributed by atoms with Gasteiger partial charge < -0.3 is 39.5 Å². The van der Waals surface area contributed by atoms with Crippen molar-refractivity contribution in [3.05, 3.63) is 57.6 Å². The topological polar surface area (TPSA) is 180 Å². The highest BCUT2D eigenvalue weighted by Crippen LogP contribution is 2.54. The molecular formula is C31H35NO11. The minimum Gasteiger partial charge on any atom is -0.507 e. The van der Waals surface area contributed by atoms with Crippen molar-refractivity contribution in [2.24, 2.45) is 0 Å². The number of esters is 1. The summed E-state index contributed by atoms with van der Waals surface area (Å²) in [5.41, 5.74) is -3.13. The van der Waals surface area contributed by atoms with E-state index < -0.39 is 77.4 Å². The van der Waals surface area contributed by atoms with Crippen LogP contribution in [0.1, 0.15) is 88.1 Å². The Labute approximate surface area is 247 Å². The normalized spacial score (nSPS) is 30.0. The number of methoxy groups -OCH3 is 1. The van der Waals surface area contributed by atoms with Crippen molar-refractivity contribution in [2.75, 3.05) is 21.2 Å². The van der Waals surface area contributed by atoms with Gasteiger partial charge in [-0.1, -0.05) is 12.1 Å². The number of ketones is 3. The second-order valence-electron chi connectivity index (χ2n) is 11.8. The van der Waals surface area contributed by atoms with Crippen LogP contribution in [-0.2, 0) is 23.8 Å². The predicted molar refractivity (Wildman–Crippen MR) is 149 cm³/mol. The standard InChI is InChI=1S/C31H35NO11/c1-13(33)11-31(40)12-20(43-21-10-18(32(3)4)26(35)14(2)42-21)23-16(25(31)30(39)41-5)9-17-24(29(23)38)28(37)22-15(27(17)36)7-6-8-19(22)34/h6-9,14,18,20-21,25-26,34-35,38,40H,10-12H2,1-5H3/t14-,18-,20-,21-,25-,26+,31+/m0/s1. The minimum absolute atomic E-state index is 0.0408. The van der Waals surface area contributed by atoms with Gasteiger partial charge in [0.05, 0.1) is 42.1 Å². The third-order valence-electron chi connectivity index (χ3n) is 8.71. The lowest BCUT2D eigenvalue weighted by Crippen LogP contribution is -2.54. The van der Waals surface area contributed by atoms with Gasteiger partial charge in [0.15, 0.2) is 12.1 Å². The van der Waals surface area contributed by atoms with Crippen molar-refractivity contribution in [1.82, 2.24) is 4.90 Å². The van der Waals surface area contributed by atoms with Crippen LogP contribution in [-0.4, -0.2) is 100.0 Å². The van der Waals surface area contributed by atoms with Crippen molar-refractivity contribution >= 4 is 23.3 Å². The SMILES string of the molecule is COC(=O)[C@@H]1c2cc3c(c(O)c2[C@@H](O[C@H]2C[C@H](N(C)C)[C@H](O)[C@H](C)O2)C[C@]1(O)CC(C)=O)C(=O)c1c(O)cccc1C3=O. The van der Waals surface area contributed by atoms with Gasteiger partial charge in [-0.3, -0.25) is 19.2 Å². The van der Waals surface area contributed by atoms with Gasteiger partial charge in [-0.15, -0.1) is 0 Å². The highest BCUT2D eigenvalue weighted by Gasteiger charge is 2.54. The number of aliphatic hydroxyl groups excluding tert-OH is 1. The summed E-state index contributed by atoms with van der Waals surface area (Å²) in [5.74, 6) is -5.47.